The van der Waals surface area contributed by atoms with Gasteiger partial charge in [-0.3, -0.25) is 0 Å². The van der Waals surface area contributed by atoms with Crippen molar-refractivity contribution in [3.8, 4) is 0 Å². The maximum Gasteiger partial charge on any atom is 0.191 e. The van der Waals surface area contributed by atoms with Crippen LogP contribution in [0.3, 0.4) is 0 Å². The lowest BCUT2D eigenvalue weighted by Crippen LogP contribution is -2.39. The van der Waals surface area contributed by atoms with Crippen LogP contribution in [0.15, 0.2) is 59.6 Å². The third kappa shape index (κ3) is 6.29. The Morgan fingerprint density at radius 3 is 2.48 bits per heavy atom. The van der Waals surface area contributed by atoms with E-state index in [4.69, 9.17) is 0 Å². The highest BCUT2D eigenvalue weighted by molar-refractivity contribution is 7.19. The summed E-state index contributed by atoms with van der Waals surface area (Å²) >= 11 is 1.63. The molecule has 6 heteroatoms. The third-order valence-electron chi connectivity index (χ3n) is 4.52. The molecule has 3 N–H and O–H groups in total. The van der Waals surface area contributed by atoms with Crippen LogP contribution >= 0.6 is 11.3 Å². The van der Waals surface area contributed by atoms with Crippen LogP contribution in [0.25, 0.3) is 10.1 Å². The Morgan fingerprint density at radius 2 is 1.79 bits per heavy atom. The Hall–Kier alpha value is -2.41. The van der Waals surface area contributed by atoms with Crippen molar-refractivity contribution in [3.63, 3.8) is 0 Å². The number of aliphatic imine (C=N–C) groups is 1. The molecule has 0 spiro atoms. The quantitative estimate of drug-likeness (QED) is 0.391. The van der Waals surface area contributed by atoms with E-state index in [0.717, 1.165) is 23.5 Å². The largest absolute Gasteiger partial charge is 0.386 e. The normalized spacial score (nSPS) is 13.1. The number of benzene rings is 2. The van der Waals surface area contributed by atoms with Gasteiger partial charge in [-0.05, 0) is 49.7 Å². The number of guanidine groups is 1. The summed E-state index contributed by atoms with van der Waals surface area (Å²) in [6.45, 7) is 4.75. The van der Waals surface area contributed by atoms with Gasteiger partial charge in [0.05, 0.1) is 6.54 Å². The van der Waals surface area contributed by atoms with E-state index < -0.39 is 6.10 Å². The summed E-state index contributed by atoms with van der Waals surface area (Å²) < 4.78 is 1.19. The first-order chi connectivity index (χ1) is 14.0. The Morgan fingerprint density at radius 1 is 1.07 bits per heavy atom. The van der Waals surface area contributed by atoms with Crippen molar-refractivity contribution in [2.45, 2.75) is 26.1 Å². The van der Waals surface area contributed by atoms with E-state index in [-0.39, 0.29) is 0 Å². The van der Waals surface area contributed by atoms with Gasteiger partial charge in [-0.15, -0.1) is 11.3 Å². The van der Waals surface area contributed by atoms with Gasteiger partial charge < -0.3 is 20.6 Å². The van der Waals surface area contributed by atoms with E-state index in [9.17, 15) is 5.11 Å². The topological polar surface area (TPSA) is 59.9 Å². The van der Waals surface area contributed by atoms with Crippen LogP contribution in [-0.2, 0) is 13.1 Å². The molecule has 0 aliphatic carbocycles. The number of rotatable bonds is 8. The second-order valence-corrected chi connectivity index (χ2v) is 8.45. The Balaban J connectivity index is 1.58. The lowest BCUT2D eigenvalue weighted by Gasteiger charge is -2.14. The molecule has 29 heavy (non-hydrogen) atoms. The molecule has 3 rings (SSSR count). The molecule has 0 bridgehead atoms. The smallest absolute Gasteiger partial charge is 0.191 e. The molecule has 3 aromatic rings. The summed E-state index contributed by atoms with van der Waals surface area (Å²) in [5.41, 5.74) is 2.45. The Labute approximate surface area is 177 Å². The zero-order valence-electron chi connectivity index (χ0n) is 17.4. The van der Waals surface area contributed by atoms with Crippen molar-refractivity contribution in [1.82, 2.24) is 15.5 Å². The van der Waals surface area contributed by atoms with Crippen molar-refractivity contribution >= 4 is 27.4 Å². The van der Waals surface area contributed by atoms with Gasteiger partial charge in [0.25, 0.3) is 0 Å². The summed E-state index contributed by atoms with van der Waals surface area (Å²) in [6.07, 6.45) is -0.568. The van der Waals surface area contributed by atoms with E-state index in [1.54, 1.807) is 11.3 Å². The maximum absolute atomic E-state index is 10.6. The molecule has 0 saturated heterocycles. The first kappa shape index (κ1) is 21.3. The van der Waals surface area contributed by atoms with Crippen LogP contribution in [0.4, 0.5) is 0 Å². The number of aliphatic hydroxyl groups excluding tert-OH is 1. The maximum atomic E-state index is 10.6. The molecule has 0 saturated carbocycles. The van der Waals surface area contributed by atoms with Gasteiger partial charge in [-0.2, -0.15) is 0 Å². The molecule has 1 heterocycles. The lowest BCUT2D eigenvalue weighted by molar-refractivity contribution is 0.184. The van der Waals surface area contributed by atoms with Gasteiger partial charge in [0.2, 0.25) is 0 Å². The van der Waals surface area contributed by atoms with Crippen LogP contribution in [0.2, 0.25) is 0 Å². The number of thiophene rings is 1. The molecule has 0 fully saturated rings. The van der Waals surface area contributed by atoms with E-state index in [0.29, 0.717) is 19.0 Å². The van der Waals surface area contributed by atoms with Crippen LogP contribution < -0.4 is 10.6 Å². The van der Waals surface area contributed by atoms with E-state index in [2.05, 4.69) is 77.1 Å². The molecule has 1 aromatic heterocycles. The van der Waals surface area contributed by atoms with Gasteiger partial charge in [-0.25, -0.2) is 4.99 Å². The van der Waals surface area contributed by atoms with Crippen molar-refractivity contribution in [1.29, 1.82) is 0 Å². The zero-order chi connectivity index (χ0) is 20.6. The van der Waals surface area contributed by atoms with Gasteiger partial charge in [0, 0.05) is 29.2 Å². The molecule has 5 nitrogen and oxygen atoms in total. The molecular weight excluding hydrogens is 380 g/mol. The predicted octanol–water partition coefficient (Wildman–Crippen LogP) is 3.75. The lowest BCUT2D eigenvalue weighted by atomic mass is 10.1. The molecule has 1 unspecified atom stereocenters. The van der Waals surface area contributed by atoms with Crippen molar-refractivity contribution in [2.75, 3.05) is 27.2 Å². The molecular formula is C23H30N4OS. The highest BCUT2D eigenvalue weighted by Gasteiger charge is 2.12. The summed E-state index contributed by atoms with van der Waals surface area (Å²) in [6, 6.07) is 18.8. The van der Waals surface area contributed by atoms with Crippen LogP contribution in [0, 0.1) is 0 Å². The fourth-order valence-corrected chi connectivity index (χ4v) is 4.14. The number of nitrogens with zero attached hydrogens (tertiary/aromatic N) is 2. The minimum atomic E-state index is -0.568. The molecule has 0 amide bonds. The van der Waals surface area contributed by atoms with E-state index >= 15 is 0 Å². The third-order valence-corrected chi connectivity index (χ3v) is 5.74. The van der Waals surface area contributed by atoms with Gasteiger partial charge in [-0.1, -0.05) is 42.5 Å². The number of nitrogens with one attached hydrogen (secondary N) is 2. The fourth-order valence-electron chi connectivity index (χ4n) is 3.09. The van der Waals surface area contributed by atoms with Crippen molar-refractivity contribution in [3.05, 3.63) is 70.6 Å². The fraction of sp³-hybridized carbons (Fsp3) is 0.348. The standard InChI is InChI=1S/C23H30N4OS/c1-4-24-23(25-14-17-9-11-18(12-10-17)16-27(2)3)26-15-20(28)22-13-19-7-5-6-8-21(19)29-22/h5-13,20,28H,4,14-16H2,1-3H3,(H2,24,25,26). The zero-order valence-corrected chi connectivity index (χ0v) is 18.2. The molecule has 2 aromatic carbocycles. The van der Waals surface area contributed by atoms with E-state index in [1.807, 2.05) is 19.1 Å². The van der Waals surface area contributed by atoms with Gasteiger partial charge in [0.15, 0.2) is 5.96 Å². The first-order valence-electron chi connectivity index (χ1n) is 9.96. The summed E-state index contributed by atoms with van der Waals surface area (Å²) in [5, 5.41) is 18.3. The second-order valence-electron chi connectivity index (χ2n) is 7.33. The number of hydrogen-bond acceptors (Lipinski definition) is 4. The highest BCUT2D eigenvalue weighted by atomic mass is 32.1. The van der Waals surface area contributed by atoms with Crippen LogP contribution in [0.5, 0.6) is 0 Å². The molecule has 0 aliphatic rings. The summed E-state index contributed by atoms with van der Waals surface area (Å²) in [4.78, 5) is 7.78. The molecule has 0 aliphatic heterocycles. The predicted molar refractivity (Wildman–Crippen MR) is 123 cm³/mol. The highest BCUT2D eigenvalue weighted by Crippen LogP contribution is 2.29. The van der Waals surface area contributed by atoms with Crippen LogP contribution in [0.1, 0.15) is 29.0 Å². The monoisotopic (exact) mass is 410 g/mol. The van der Waals surface area contributed by atoms with Crippen molar-refractivity contribution < 1.29 is 5.11 Å². The first-order valence-corrected chi connectivity index (χ1v) is 10.8. The second kappa shape index (κ2) is 10.4. The number of aliphatic hydroxyl groups is 1. The average Bonchev–Trinajstić information content (AvgIpc) is 3.15. The molecule has 0 radical (unpaired) electrons. The van der Waals surface area contributed by atoms with E-state index in [1.165, 1.54) is 15.6 Å². The molecule has 1 atom stereocenters. The van der Waals surface area contributed by atoms with Gasteiger partial charge in [0.1, 0.15) is 6.10 Å². The van der Waals surface area contributed by atoms with Crippen LogP contribution in [-0.4, -0.2) is 43.2 Å². The minimum absolute atomic E-state index is 0.417. The summed E-state index contributed by atoms with van der Waals surface area (Å²) in [5.74, 6) is 0.713. The minimum Gasteiger partial charge on any atom is -0.386 e. The molecule has 154 valence electrons. The average molecular weight is 411 g/mol. The van der Waals surface area contributed by atoms with Gasteiger partial charge >= 0.3 is 0 Å². The summed E-state index contributed by atoms with van der Waals surface area (Å²) in [7, 11) is 4.14. The Bertz CT molecular complexity index is 900. The number of hydrogen-bond donors (Lipinski definition) is 3. The van der Waals surface area contributed by atoms with Crippen molar-refractivity contribution in [2.24, 2.45) is 4.99 Å². The SMILES string of the molecule is CCNC(=NCc1ccc(CN(C)C)cc1)NCC(O)c1cc2ccccc2s1. The Kier molecular flexibility index (Phi) is 7.63. The number of fused-ring (bicyclic) bond motifs is 1.